The number of hydrogen-bond donors (Lipinski definition) is 1. The van der Waals surface area contributed by atoms with Crippen LogP contribution in [0.1, 0.15) is 34.2 Å². The lowest BCUT2D eigenvalue weighted by Crippen LogP contribution is -2.12. The van der Waals surface area contributed by atoms with Crippen LogP contribution in [0.4, 0.5) is 5.69 Å². The maximum absolute atomic E-state index is 12.0. The SMILES string of the molecule is CCc1ccc(COC(=O)c2c(N)c(C)nn2C)cc1. The molecule has 2 aromatic rings. The average Bonchev–Trinajstić information content (AvgIpc) is 2.70. The Bertz CT molecular complexity index is 615. The van der Waals surface area contributed by atoms with Crippen LogP contribution in [0.5, 0.6) is 0 Å². The highest BCUT2D eigenvalue weighted by Crippen LogP contribution is 2.17. The zero-order chi connectivity index (χ0) is 14.7. The summed E-state index contributed by atoms with van der Waals surface area (Å²) in [6.07, 6.45) is 0.991. The molecule has 1 heterocycles. The van der Waals surface area contributed by atoms with E-state index in [1.54, 1.807) is 14.0 Å². The Morgan fingerprint density at radius 1 is 1.30 bits per heavy atom. The first kappa shape index (κ1) is 14.1. The smallest absolute Gasteiger partial charge is 0.359 e. The van der Waals surface area contributed by atoms with Crippen LogP contribution in [0.2, 0.25) is 0 Å². The van der Waals surface area contributed by atoms with Gasteiger partial charge in [-0.15, -0.1) is 0 Å². The molecule has 5 nitrogen and oxygen atoms in total. The molecule has 0 aliphatic carbocycles. The second-order valence-corrected chi connectivity index (χ2v) is 4.72. The molecule has 106 valence electrons. The van der Waals surface area contributed by atoms with E-state index >= 15 is 0 Å². The molecule has 0 radical (unpaired) electrons. The molecule has 1 aromatic heterocycles. The van der Waals surface area contributed by atoms with Crippen molar-refractivity contribution >= 4 is 11.7 Å². The molecule has 20 heavy (non-hydrogen) atoms. The second kappa shape index (κ2) is 5.77. The molecule has 2 rings (SSSR count). The summed E-state index contributed by atoms with van der Waals surface area (Å²) in [5.41, 5.74) is 9.34. The van der Waals surface area contributed by atoms with Gasteiger partial charge in [-0.25, -0.2) is 4.79 Å². The van der Waals surface area contributed by atoms with Gasteiger partial charge in [0, 0.05) is 7.05 Å². The number of nitrogens with zero attached hydrogens (tertiary/aromatic N) is 2. The lowest BCUT2D eigenvalue weighted by Gasteiger charge is -2.06. The van der Waals surface area contributed by atoms with Crippen molar-refractivity contribution in [3.63, 3.8) is 0 Å². The molecule has 2 N–H and O–H groups in total. The van der Waals surface area contributed by atoms with Crippen LogP contribution in [0.25, 0.3) is 0 Å². The van der Waals surface area contributed by atoms with Crippen LogP contribution in [0, 0.1) is 6.92 Å². The predicted molar refractivity (Wildman–Crippen MR) is 77.3 cm³/mol. The minimum absolute atomic E-state index is 0.229. The third kappa shape index (κ3) is 2.82. The van der Waals surface area contributed by atoms with Gasteiger partial charge < -0.3 is 10.5 Å². The Morgan fingerprint density at radius 2 is 1.90 bits per heavy atom. The first-order chi connectivity index (χ1) is 9.52. The fourth-order valence-corrected chi connectivity index (χ4v) is 2.01. The van der Waals surface area contributed by atoms with Crippen molar-refractivity contribution in [1.82, 2.24) is 9.78 Å². The van der Waals surface area contributed by atoms with Crippen LogP contribution in [0.3, 0.4) is 0 Å². The highest BCUT2D eigenvalue weighted by Gasteiger charge is 2.19. The maximum atomic E-state index is 12.0. The summed E-state index contributed by atoms with van der Waals surface area (Å²) in [5, 5.41) is 4.10. The normalized spacial score (nSPS) is 10.6. The average molecular weight is 273 g/mol. The maximum Gasteiger partial charge on any atom is 0.359 e. The van der Waals surface area contributed by atoms with Crippen LogP contribution in [-0.2, 0) is 24.8 Å². The standard InChI is InChI=1S/C15H19N3O2/c1-4-11-5-7-12(8-6-11)9-20-15(19)14-13(16)10(2)17-18(14)3/h5-8H,4,9,16H2,1-3H3. The number of esters is 1. The van der Waals surface area contributed by atoms with Crippen molar-refractivity contribution in [3.8, 4) is 0 Å². The van der Waals surface area contributed by atoms with Crippen molar-refractivity contribution in [2.24, 2.45) is 7.05 Å². The van der Waals surface area contributed by atoms with Gasteiger partial charge in [0.2, 0.25) is 0 Å². The summed E-state index contributed by atoms with van der Waals surface area (Å²) in [5.74, 6) is -0.454. The summed E-state index contributed by atoms with van der Waals surface area (Å²) in [6.45, 7) is 4.09. The lowest BCUT2D eigenvalue weighted by atomic mass is 10.1. The van der Waals surface area contributed by atoms with Crippen LogP contribution >= 0.6 is 0 Å². The monoisotopic (exact) mass is 273 g/mol. The molecule has 0 saturated carbocycles. The van der Waals surface area contributed by atoms with Crippen molar-refractivity contribution in [1.29, 1.82) is 0 Å². The van der Waals surface area contributed by atoms with Gasteiger partial charge in [0.25, 0.3) is 0 Å². The first-order valence-corrected chi connectivity index (χ1v) is 6.57. The van der Waals surface area contributed by atoms with E-state index < -0.39 is 5.97 Å². The van der Waals surface area contributed by atoms with E-state index in [1.165, 1.54) is 10.2 Å². The van der Waals surface area contributed by atoms with E-state index in [1.807, 2.05) is 24.3 Å². The minimum Gasteiger partial charge on any atom is -0.456 e. The number of carbonyl (C=O) groups excluding carboxylic acids is 1. The highest BCUT2D eigenvalue weighted by atomic mass is 16.5. The summed E-state index contributed by atoms with van der Waals surface area (Å²) in [4.78, 5) is 12.0. The van der Waals surface area contributed by atoms with E-state index in [4.69, 9.17) is 10.5 Å². The zero-order valence-electron chi connectivity index (χ0n) is 12.0. The van der Waals surface area contributed by atoms with Gasteiger partial charge in [-0.2, -0.15) is 5.10 Å². The van der Waals surface area contributed by atoms with Gasteiger partial charge >= 0.3 is 5.97 Å². The molecule has 0 amide bonds. The summed E-state index contributed by atoms with van der Waals surface area (Å²) in [7, 11) is 1.68. The molecule has 0 unspecified atom stereocenters. The Morgan fingerprint density at radius 3 is 2.40 bits per heavy atom. The number of rotatable bonds is 4. The number of aryl methyl sites for hydroxylation is 3. The molecule has 0 bridgehead atoms. The van der Waals surface area contributed by atoms with E-state index in [-0.39, 0.29) is 6.61 Å². The molecular formula is C15H19N3O2. The third-order valence-electron chi connectivity index (χ3n) is 3.26. The number of ether oxygens (including phenoxy) is 1. The van der Waals surface area contributed by atoms with Crippen molar-refractivity contribution in [2.75, 3.05) is 5.73 Å². The zero-order valence-corrected chi connectivity index (χ0v) is 12.0. The predicted octanol–water partition coefficient (Wildman–Crippen LogP) is 2.23. The highest BCUT2D eigenvalue weighted by molar-refractivity contribution is 5.93. The van der Waals surface area contributed by atoms with Crippen LogP contribution in [0.15, 0.2) is 24.3 Å². The number of hydrogen-bond acceptors (Lipinski definition) is 4. The fraction of sp³-hybridized carbons (Fsp3) is 0.333. The van der Waals surface area contributed by atoms with E-state index in [0.29, 0.717) is 17.1 Å². The summed E-state index contributed by atoms with van der Waals surface area (Å²) < 4.78 is 6.73. The molecular weight excluding hydrogens is 254 g/mol. The Labute approximate surface area is 118 Å². The number of aromatic nitrogens is 2. The summed E-state index contributed by atoms with van der Waals surface area (Å²) in [6, 6.07) is 7.99. The quantitative estimate of drug-likeness (QED) is 0.867. The van der Waals surface area contributed by atoms with Crippen molar-refractivity contribution in [2.45, 2.75) is 26.9 Å². The lowest BCUT2D eigenvalue weighted by molar-refractivity contribution is 0.0461. The van der Waals surface area contributed by atoms with Gasteiger partial charge in [-0.05, 0) is 24.5 Å². The Balaban J connectivity index is 2.04. The van der Waals surface area contributed by atoms with E-state index in [2.05, 4.69) is 12.0 Å². The van der Waals surface area contributed by atoms with Gasteiger partial charge in [0.05, 0.1) is 11.4 Å². The number of nitrogen functional groups attached to an aromatic ring is 1. The Kier molecular flexibility index (Phi) is 4.08. The molecule has 0 atom stereocenters. The second-order valence-electron chi connectivity index (χ2n) is 4.72. The number of benzene rings is 1. The molecule has 0 aliphatic rings. The number of nitrogens with two attached hydrogens (primary N) is 1. The Hall–Kier alpha value is -2.30. The molecule has 0 spiro atoms. The van der Waals surface area contributed by atoms with Crippen LogP contribution in [-0.4, -0.2) is 15.7 Å². The van der Waals surface area contributed by atoms with Crippen molar-refractivity contribution < 1.29 is 9.53 Å². The van der Waals surface area contributed by atoms with E-state index in [0.717, 1.165) is 12.0 Å². The van der Waals surface area contributed by atoms with Gasteiger partial charge in [0.1, 0.15) is 6.61 Å². The third-order valence-corrected chi connectivity index (χ3v) is 3.26. The summed E-state index contributed by atoms with van der Waals surface area (Å²) >= 11 is 0. The van der Waals surface area contributed by atoms with Crippen molar-refractivity contribution in [3.05, 3.63) is 46.8 Å². The number of carbonyl (C=O) groups is 1. The van der Waals surface area contributed by atoms with Crippen LogP contribution < -0.4 is 5.73 Å². The molecule has 0 fully saturated rings. The first-order valence-electron chi connectivity index (χ1n) is 6.57. The number of anilines is 1. The van der Waals surface area contributed by atoms with Gasteiger partial charge in [-0.3, -0.25) is 4.68 Å². The van der Waals surface area contributed by atoms with Gasteiger partial charge in [-0.1, -0.05) is 31.2 Å². The largest absolute Gasteiger partial charge is 0.456 e. The molecule has 5 heteroatoms. The molecule has 0 saturated heterocycles. The van der Waals surface area contributed by atoms with Gasteiger partial charge in [0.15, 0.2) is 5.69 Å². The molecule has 1 aromatic carbocycles. The topological polar surface area (TPSA) is 70.1 Å². The minimum atomic E-state index is -0.454. The molecule has 0 aliphatic heterocycles. The van der Waals surface area contributed by atoms with E-state index in [9.17, 15) is 4.79 Å². The fourth-order valence-electron chi connectivity index (χ4n) is 2.01.